The summed E-state index contributed by atoms with van der Waals surface area (Å²) in [6.45, 7) is 0.854. The van der Waals surface area contributed by atoms with E-state index in [-0.39, 0.29) is 22.8 Å². The van der Waals surface area contributed by atoms with Gasteiger partial charge in [0.1, 0.15) is 0 Å². The lowest BCUT2D eigenvalue weighted by Crippen LogP contribution is -2.55. The van der Waals surface area contributed by atoms with Crippen molar-refractivity contribution in [2.24, 2.45) is 0 Å². The topological polar surface area (TPSA) is 83.6 Å². The highest BCUT2D eigenvalue weighted by molar-refractivity contribution is 7.93. The third-order valence-corrected chi connectivity index (χ3v) is 9.35. The minimum Gasteiger partial charge on any atom is -0.349 e. The molecule has 1 saturated carbocycles. The molecule has 0 unspecified atom stereocenters. The molecule has 2 fully saturated rings. The number of hydrogen-bond acceptors (Lipinski definition) is 4. The van der Waals surface area contributed by atoms with Crippen molar-refractivity contribution >= 4 is 33.3 Å². The maximum absolute atomic E-state index is 13.6. The van der Waals surface area contributed by atoms with Gasteiger partial charge in [-0.05, 0) is 62.1 Å². The Bertz CT molecular complexity index is 1070. The van der Waals surface area contributed by atoms with Crippen molar-refractivity contribution in [1.29, 1.82) is 0 Å². The quantitative estimate of drug-likeness (QED) is 0.713. The van der Waals surface area contributed by atoms with Crippen LogP contribution in [0.4, 0.5) is 0 Å². The summed E-state index contributed by atoms with van der Waals surface area (Å²) in [4.78, 5) is 27.8. The molecule has 1 aliphatic heterocycles. The Balaban J connectivity index is 1.46. The molecular weight excluding hydrogens is 448 g/mol. The summed E-state index contributed by atoms with van der Waals surface area (Å²) in [5, 5.41) is 3.48. The molecule has 2 amide bonds. The van der Waals surface area contributed by atoms with Crippen molar-refractivity contribution < 1.29 is 18.0 Å². The fraction of sp³-hybridized carbons (Fsp3) is 0.417. The Morgan fingerprint density at radius 3 is 2.12 bits per heavy atom. The maximum atomic E-state index is 13.6. The third kappa shape index (κ3) is 4.28. The van der Waals surface area contributed by atoms with Gasteiger partial charge in [0.2, 0.25) is 5.91 Å². The minimum atomic E-state index is -3.85. The maximum Gasteiger partial charge on any atom is 0.251 e. The van der Waals surface area contributed by atoms with Crippen LogP contribution in [-0.4, -0.2) is 49.0 Å². The van der Waals surface area contributed by atoms with E-state index in [0.717, 1.165) is 0 Å². The number of halogens is 1. The smallest absolute Gasteiger partial charge is 0.251 e. The van der Waals surface area contributed by atoms with Gasteiger partial charge in [-0.25, -0.2) is 8.42 Å². The van der Waals surface area contributed by atoms with Crippen LogP contribution in [0.1, 0.15) is 48.9 Å². The summed E-state index contributed by atoms with van der Waals surface area (Å²) in [5.74, 6) is -0.439. The van der Waals surface area contributed by atoms with Gasteiger partial charge in [0.25, 0.3) is 5.91 Å². The van der Waals surface area contributed by atoms with Crippen LogP contribution >= 0.6 is 11.6 Å². The van der Waals surface area contributed by atoms with Crippen LogP contribution in [0.3, 0.4) is 0 Å². The molecule has 6 nitrogen and oxygen atoms in total. The van der Waals surface area contributed by atoms with Crippen molar-refractivity contribution in [3.8, 4) is 0 Å². The van der Waals surface area contributed by atoms with Crippen LogP contribution in [0.5, 0.6) is 0 Å². The second-order valence-electron chi connectivity index (χ2n) is 8.56. The van der Waals surface area contributed by atoms with Crippen molar-refractivity contribution in [2.75, 3.05) is 13.1 Å². The number of benzene rings is 2. The van der Waals surface area contributed by atoms with Crippen LogP contribution in [0.2, 0.25) is 5.02 Å². The first-order valence-corrected chi connectivity index (χ1v) is 12.9. The molecule has 1 heterocycles. The number of amides is 2. The van der Waals surface area contributed by atoms with Crippen molar-refractivity contribution in [2.45, 2.75) is 54.2 Å². The average molecular weight is 475 g/mol. The Labute approximate surface area is 193 Å². The number of piperidine rings is 1. The predicted molar refractivity (Wildman–Crippen MR) is 123 cm³/mol. The molecule has 2 aliphatic rings. The average Bonchev–Trinajstić information content (AvgIpc) is 3.32. The fourth-order valence-corrected chi connectivity index (χ4v) is 7.01. The molecule has 1 saturated heterocycles. The summed E-state index contributed by atoms with van der Waals surface area (Å²) in [6, 6.07) is 15.0. The van der Waals surface area contributed by atoms with E-state index in [1.165, 1.54) is 12.1 Å². The predicted octanol–water partition coefficient (Wildman–Crippen LogP) is 3.85. The lowest BCUT2D eigenvalue weighted by atomic mass is 10.00. The molecule has 0 aromatic heterocycles. The SMILES string of the molecule is O=C(NC1CCN(C(=O)C2(S(=O)(=O)c3ccc(Cl)cc3)CCCC2)CC1)c1ccccc1. The van der Waals surface area contributed by atoms with Gasteiger partial charge >= 0.3 is 0 Å². The second-order valence-corrected chi connectivity index (χ2v) is 11.3. The van der Waals surface area contributed by atoms with E-state index in [2.05, 4.69) is 5.32 Å². The highest BCUT2D eigenvalue weighted by atomic mass is 35.5. The van der Waals surface area contributed by atoms with Crippen molar-refractivity contribution in [1.82, 2.24) is 10.2 Å². The molecular formula is C24H27ClN2O4S. The Morgan fingerprint density at radius 2 is 1.53 bits per heavy atom. The van der Waals surface area contributed by atoms with Crippen LogP contribution in [0, 0.1) is 0 Å². The number of hydrogen-bond donors (Lipinski definition) is 1. The van der Waals surface area contributed by atoms with Crippen LogP contribution in [-0.2, 0) is 14.6 Å². The normalized spacial score (nSPS) is 19.0. The first-order chi connectivity index (χ1) is 15.3. The van der Waals surface area contributed by atoms with Crippen LogP contribution in [0.25, 0.3) is 0 Å². The number of sulfone groups is 1. The third-order valence-electron chi connectivity index (χ3n) is 6.59. The van der Waals surface area contributed by atoms with E-state index >= 15 is 0 Å². The molecule has 2 aromatic carbocycles. The zero-order valence-corrected chi connectivity index (χ0v) is 19.4. The van der Waals surface area contributed by atoms with E-state index in [4.69, 9.17) is 11.6 Å². The van der Waals surface area contributed by atoms with E-state index in [1.54, 1.807) is 29.2 Å². The molecule has 8 heteroatoms. The van der Waals surface area contributed by atoms with E-state index in [9.17, 15) is 18.0 Å². The van der Waals surface area contributed by atoms with Crippen molar-refractivity contribution in [3.63, 3.8) is 0 Å². The van der Waals surface area contributed by atoms with E-state index in [1.807, 2.05) is 18.2 Å². The van der Waals surface area contributed by atoms with Crippen molar-refractivity contribution in [3.05, 3.63) is 65.2 Å². The van der Waals surface area contributed by atoms with E-state index < -0.39 is 14.6 Å². The molecule has 1 N–H and O–H groups in total. The highest BCUT2D eigenvalue weighted by Crippen LogP contribution is 2.42. The Hall–Kier alpha value is -2.38. The van der Waals surface area contributed by atoms with E-state index in [0.29, 0.717) is 62.2 Å². The fourth-order valence-electron chi connectivity index (χ4n) is 4.76. The molecule has 4 rings (SSSR count). The zero-order valence-electron chi connectivity index (χ0n) is 17.8. The number of rotatable bonds is 5. The Morgan fingerprint density at radius 1 is 0.938 bits per heavy atom. The summed E-state index contributed by atoms with van der Waals surface area (Å²) >= 11 is 5.93. The largest absolute Gasteiger partial charge is 0.349 e. The van der Waals surface area contributed by atoms with Gasteiger partial charge in [-0.1, -0.05) is 42.6 Å². The van der Waals surface area contributed by atoms with Gasteiger partial charge in [-0.2, -0.15) is 0 Å². The van der Waals surface area contributed by atoms with Crippen LogP contribution < -0.4 is 5.32 Å². The number of nitrogens with one attached hydrogen (secondary N) is 1. The van der Waals surface area contributed by atoms with Gasteiger partial charge < -0.3 is 10.2 Å². The summed E-state index contributed by atoms with van der Waals surface area (Å²) in [7, 11) is -3.85. The molecule has 2 aromatic rings. The van der Waals surface area contributed by atoms with Gasteiger partial charge in [-0.3, -0.25) is 9.59 Å². The number of nitrogens with zero attached hydrogens (tertiary/aromatic N) is 1. The number of carbonyl (C=O) groups excluding carboxylic acids is 2. The molecule has 0 spiro atoms. The van der Waals surface area contributed by atoms with Gasteiger partial charge in [0, 0.05) is 29.7 Å². The second kappa shape index (κ2) is 9.24. The first-order valence-electron chi connectivity index (χ1n) is 11.0. The number of carbonyl (C=O) groups is 2. The summed E-state index contributed by atoms with van der Waals surface area (Å²) in [5.41, 5.74) is 0.602. The zero-order chi connectivity index (χ0) is 22.8. The molecule has 0 atom stereocenters. The lowest BCUT2D eigenvalue weighted by molar-refractivity contribution is -0.135. The lowest BCUT2D eigenvalue weighted by Gasteiger charge is -2.38. The monoisotopic (exact) mass is 474 g/mol. The molecule has 170 valence electrons. The molecule has 0 radical (unpaired) electrons. The highest BCUT2D eigenvalue weighted by Gasteiger charge is 2.54. The van der Waals surface area contributed by atoms with Crippen LogP contribution in [0.15, 0.2) is 59.5 Å². The minimum absolute atomic E-state index is 0.0424. The molecule has 1 aliphatic carbocycles. The first kappa shape index (κ1) is 22.8. The molecule has 0 bridgehead atoms. The Kier molecular flexibility index (Phi) is 6.58. The van der Waals surface area contributed by atoms with Gasteiger partial charge in [-0.15, -0.1) is 0 Å². The summed E-state index contributed by atoms with van der Waals surface area (Å²) in [6.07, 6.45) is 3.29. The summed E-state index contributed by atoms with van der Waals surface area (Å²) < 4.78 is 25.7. The van der Waals surface area contributed by atoms with Gasteiger partial charge in [0.15, 0.2) is 14.6 Å². The standard InChI is InChI=1S/C24H27ClN2O4S/c25-19-8-10-21(11-9-19)32(30,31)24(14-4-5-15-24)23(29)27-16-12-20(13-17-27)26-22(28)18-6-2-1-3-7-18/h1-3,6-11,20H,4-5,12-17H2,(H,26,28). The number of likely N-dealkylation sites (tertiary alicyclic amines) is 1. The molecule has 32 heavy (non-hydrogen) atoms. The van der Waals surface area contributed by atoms with Gasteiger partial charge in [0.05, 0.1) is 4.90 Å².